The van der Waals surface area contributed by atoms with Crippen molar-refractivity contribution in [3.8, 4) is 6.07 Å². The molecule has 1 rings (SSSR count). The molecule has 78 valence electrons. The number of rotatable bonds is 2. The maximum atomic E-state index is 12.4. The number of hydrogen-bond donors (Lipinski definition) is 1. The number of alkyl halides is 2. The highest BCUT2D eigenvalue weighted by Gasteiger charge is 2.24. The zero-order valence-corrected chi connectivity index (χ0v) is 8.62. The lowest BCUT2D eigenvalue weighted by Crippen LogP contribution is -2.08. The Balaban J connectivity index is 3.56. The van der Waals surface area contributed by atoms with Gasteiger partial charge in [0.1, 0.15) is 21.9 Å². The number of pyridine rings is 1. The van der Waals surface area contributed by atoms with Crippen LogP contribution in [0.15, 0.2) is 10.7 Å². The van der Waals surface area contributed by atoms with Crippen molar-refractivity contribution in [1.82, 2.24) is 4.98 Å². The van der Waals surface area contributed by atoms with E-state index in [1.54, 1.807) is 0 Å². The van der Waals surface area contributed by atoms with E-state index in [0.717, 1.165) is 6.07 Å². The molecule has 0 spiro atoms. The Morgan fingerprint density at radius 3 is 2.67 bits per heavy atom. The monoisotopic (exact) mass is 276 g/mol. The van der Waals surface area contributed by atoms with E-state index in [4.69, 9.17) is 10.4 Å². The molecule has 0 unspecified atom stereocenters. The van der Waals surface area contributed by atoms with Gasteiger partial charge in [-0.15, -0.1) is 0 Å². The zero-order valence-electron chi connectivity index (χ0n) is 7.04. The van der Waals surface area contributed by atoms with Crippen LogP contribution in [0.2, 0.25) is 0 Å². The third-order valence-electron chi connectivity index (χ3n) is 1.56. The van der Waals surface area contributed by atoms with Crippen LogP contribution in [0.25, 0.3) is 0 Å². The summed E-state index contributed by atoms with van der Waals surface area (Å²) in [5.41, 5.74) is -2.01. The van der Waals surface area contributed by atoms with Gasteiger partial charge in [-0.3, -0.25) is 0 Å². The minimum absolute atomic E-state index is 0.000602. The average molecular weight is 277 g/mol. The third-order valence-corrected chi connectivity index (χ3v) is 1.96. The lowest BCUT2D eigenvalue weighted by atomic mass is 10.1. The van der Waals surface area contributed by atoms with Crippen LogP contribution >= 0.6 is 15.9 Å². The first-order valence-electron chi connectivity index (χ1n) is 3.59. The molecular formula is C8H3BrF2N2O2. The fraction of sp³-hybridized carbons (Fsp3) is 0.125. The number of halogens is 3. The molecule has 0 amide bonds. The Morgan fingerprint density at radius 1 is 1.67 bits per heavy atom. The molecule has 1 aromatic heterocycles. The largest absolute Gasteiger partial charge is 0.478 e. The molecule has 15 heavy (non-hydrogen) atoms. The minimum Gasteiger partial charge on any atom is -0.478 e. The summed E-state index contributed by atoms with van der Waals surface area (Å²) in [6.07, 6.45) is -3.04. The van der Waals surface area contributed by atoms with E-state index < -0.39 is 23.7 Å². The maximum absolute atomic E-state index is 12.4. The number of carbonyl (C=O) groups is 1. The number of aromatic carboxylic acids is 1. The molecule has 0 bridgehead atoms. The van der Waals surface area contributed by atoms with Crippen LogP contribution in [-0.2, 0) is 0 Å². The van der Waals surface area contributed by atoms with Crippen molar-refractivity contribution in [2.24, 2.45) is 0 Å². The van der Waals surface area contributed by atoms with Crippen molar-refractivity contribution in [3.05, 3.63) is 27.5 Å². The van der Waals surface area contributed by atoms with Gasteiger partial charge in [-0.05, 0) is 22.0 Å². The predicted molar refractivity (Wildman–Crippen MR) is 48.6 cm³/mol. The first kappa shape index (κ1) is 11.5. The molecule has 4 nitrogen and oxygen atoms in total. The Hall–Kier alpha value is -1.55. The van der Waals surface area contributed by atoms with E-state index in [0.29, 0.717) is 0 Å². The lowest BCUT2D eigenvalue weighted by Gasteiger charge is -2.06. The van der Waals surface area contributed by atoms with Gasteiger partial charge >= 0.3 is 5.97 Å². The normalized spacial score (nSPS) is 10.1. The molecule has 1 heterocycles. The maximum Gasteiger partial charge on any atom is 0.339 e. The standard InChI is InChI=1S/C8H3BrF2N2O2/c9-4-1-3(2-12)5(8(14)15)6(13-4)7(10)11/h1,7H,(H,14,15). The van der Waals surface area contributed by atoms with Gasteiger partial charge in [0.15, 0.2) is 0 Å². The molecule has 7 heteroatoms. The fourth-order valence-corrected chi connectivity index (χ4v) is 1.42. The van der Waals surface area contributed by atoms with Crippen LogP contribution in [0, 0.1) is 11.3 Å². The number of hydrogen-bond acceptors (Lipinski definition) is 3. The zero-order chi connectivity index (χ0) is 11.6. The second-order valence-electron chi connectivity index (χ2n) is 2.47. The van der Waals surface area contributed by atoms with Crippen molar-refractivity contribution in [3.63, 3.8) is 0 Å². The average Bonchev–Trinajstić information content (AvgIpc) is 2.15. The summed E-state index contributed by atoms with van der Waals surface area (Å²) in [5, 5.41) is 17.3. The molecule has 1 N–H and O–H groups in total. The van der Waals surface area contributed by atoms with E-state index in [1.165, 1.54) is 6.07 Å². The summed E-state index contributed by atoms with van der Waals surface area (Å²) in [6.45, 7) is 0. The van der Waals surface area contributed by atoms with Crippen LogP contribution in [0.1, 0.15) is 28.0 Å². The molecule has 1 aromatic rings. The summed E-state index contributed by atoms with van der Waals surface area (Å²) in [5.74, 6) is -1.60. The van der Waals surface area contributed by atoms with E-state index >= 15 is 0 Å². The number of carboxylic acids is 1. The predicted octanol–water partition coefficient (Wildman–Crippen LogP) is 2.35. The van der Waals surface area contributed by atoms with Crippen LogP contribution in [0.3, 0.4) is 0 Å². The Kier molecular flexibility index (Phi) is 3.31. The smallest absolute Gasteiger partial charge is 0.339 e. The van der Waals surface area contributed by atoms with Gasteiger partial charge < -0.3 is 5.11 Å². The summed E-state index contributed by atoms with van der Waals surface area (Å²) in [4.78, 5) is 14.0. The van der Waals surface area contributed by atoms with Crippen molar-refractivity contribution < 1.29 is 18.7 Å². The molecule has 0 atom stereocenters. The van der Waals surface area contributed by atoms with Gasteiger partial charge in [-0.25, -0.2) is 18.6 Å². The van der Waals surface area contributed by atoms with E-state index in [2.05, 4.69) is 20.9 Å². The highest BCUT2D eigenvalue weighted by atomic mass is 79.9. The SMILES string of the molecule is N#Cc1cc(Br)nc(C(F)F)c1C(=O)O. The summed E-state index contributed by atoms with van der Waals surface area (Å²) in [7, 11) is 0. The molecular weight excluding hydrogens is 274 g/mol. The Bertz CT molecular complexity index is 457. The summed E-state index contributed by atoms with van der Waals surface area (Å²) >= 11 is 2.82. The second kappa shape index (κ2) is 4.31. The van der Waals surface area contributed by atoms with Crippen LogP contribution in [0.4, 0.5) is 8.78 Å². The topological polar surface area (TPSA) is 74.0 Å². The summed E-state index contributed by atoms with van der Waals surface area (Å²) in [6, 6.07) is 2.61. The molecule has 0 saturated carbocycles. The number of aromatic nitrogens is 1. The first-order valence-corrected chi connectivity index (χ1v) is 4.38. The van der Waals surface area contributed by atoms with Gasteiger partial charge in [0, 0.05) is 0 Å². The van der Waals surface area contributed by atoms with Crippen molar-refractivity contribution in [1.29, 1.82) is 5.26 Å². The van der Waals surface area contributed by atoms with Gasteiger partial charge in [0.05, 0.1) is 5.56 Å². The highest BCUT2D eigenvalue weighted by Crippen LogP contribution is 2.26. The summed E-state index contributed by atoms with van der Waals surface area (Å²) < 4.78 is 24.9. The third kappa shape index (κ3) is 2.27. The molecule has 0 aliphatic carbocycles. The quantitative estimate of drug-likeness (QED) is 0.842. The second-order valence-corrected chi connectivity index (χ2v) is 3.28. The molecule has 0 aromatic carbocycles. The lowest BCUT2D eigenvalue weighted by molar-refractivity contribution is 0.0681. The number of nitrogens with zero attached hydrogens (tertiary/aromatic N) is 2. The van der Waals surface area contributed by atoms with Crippen LogP contribution in [-0.4, -0.2) is 16.1 Å². The highest BCUT2D eigenvalue weighted by molar-refractivity contribution is 9.10. The fourth-order valence-electron chi connectivity index (χ4n) is 1.00. The Morgan fingerprint density at radius 2 is 2.27 bits per heavy atom. The number of carboxylic acid groups (broad SMARTS) is 1. The Labute approximate surface area is 91.3 Å². The van der Waals surface area contributed by atoms with Crippen molar-refractivity contribution >= 4 is 21.9 Å². The van der Waals surface area contributed by atoms with E-state index in [-0.39, 0.29) is 10.2 Å². The van der Waals surface area contributed by atoms with Crippen LogP contribution in [0.5, 0.6) is 0 Å². The molecule has 0 saturated heterocycles. The van der Waals surface area contributed by atoms with Crippen molar-refractivity contribution in [2.75, 3.05) is 0 Å². The van der Waals surface area contributed by atoms with Crippen LogP contribution < -0.4 is 0 Å². The van der Waals surface area contributed by atoms with Gasteiger partial charge in [0.2, 0.25) is 0 Å². The van der Waals surface area contributed by atoms with Crippen molar-refractivity contribution in [2.45, 2.75) is 6.43 Å². The van der Waals surface area contributed by atoms with Gasteiger partial charge in [-0.1, -0.05) is 0 Å². The minimum atomic E-state index is -3.04. The molecule has 0 aliphatic rings. The molecule has 0 aliphatic heterocycles. The van der Waals surface area contributed by atoms with Gasteiger partial charge in [-0.2, -0.15) is 5.26 Å². The van der Waals surface area contributed by atoms with E-state index in [1.807, 2.05) is 0 Å². The molecule has 0 fully saturated rings. The molecule has 0 radical (unpaired) electrons. The number of nitriles is 1. The van der Waals surface area contributed by atoms with E-state index in [9.17, 15) is 13.6 Å². The first-order chi connectivity index (χ1) is 6.97. The van der Waals surface area contributed by atoms with Gasteiger partial charge in [0.25, 0.3) is 6.43 Å².